The van der Waals surface area contributed by atoms with Gasteiger partial charge in [-0.3, -0.25) is 9.59 Å². The molecule has 14 heavy (non-hydrogen) atoms. The lowest BCUT2D eigenvalue weighted by molar-refractivity contribution is -0.135. The Balaban J connectivity index is 2.59. The van der Waals surface area contributed by atoms with Crippen molar-refractivity contribution in [2.45, 2.75) is 31.7 Å². The minimum Gasteiger partial charge on any atom is -0.368 e. The molecule has 1 aliphatic rings. The minimum absolute atomic E-state index is 0.0318. The first-order valence-electron chi connectivity index (χ1n) is 4.83. The van der Waals surface area contributed by atoms with Crippen LogP contribution in [-0.4, -0.2) is 35.1 Å². The zero-order valence-corrected chi connectivity index (χ0v) is 9.00. The molecule has 0 saturated heterocycles. The number of hydrogen-bond donors (Lipinski definition) is 2. The molecule has 0 unspecified atom stereocenters. The Kier molecular flexibility index (Phi) is 4.25. The lowest BCUT2D eigenvalue weighted by Gasteiger charge is -2.27. The summed E-state index contributed by atoms with van der Waals surface area (Å²) in [6.45, 7) is 0.0318. The first-order valence-corrected chi connectivity index (χ1v) is 5.47. The summed E-state index contributed by atoms with van der Waals surface area (Å²) in [6, 6.07) is 0.196. The van der Waals surface area contributed by atoms with E-state index in [1.165, 1.54) is 0 Å². The molecule has 1 fully saturated rings. The Morgan fingerprint density at radius 2 is 1.93 bits per heavy atom. The summed E-state index contributed by atoms with van der Waals surface area (Å²) < 4.78 is 0. The van der Waals surface area contributed by atoms with E-state index in [2.05, 4.69) is 12.6 Å². The SMILES string of the molecule is NC(=O)CN(C(=O)CS)C1CCCC1. The third-order valence-corrected chi connectivity index (χ3v) is 2.82. The largest absolute Gasteiger partial charge is 0.368 e. The average Bonchev–Trinajstić information content (AvgIpc) is 2.65. The van der Waals surface area contributed by atoms with Gasteiger partial charge in [-0.25, -0.2) is 0 Å². The van der Waals surface area contributed by atoms with E-state index in [0.29, 0.717) is 0 Å². The molecule has 2 N–H and O–H groups in total. The van der Waals surface area contributed by atoms with Crippen LogP contribution in [0.4, 0.5) is 0 Å². The summed E-state index contributed by atoms with van der Waals surface area (Å²) in [6.07, 6.45) is 4.21. The van der Waals surface area contributed by atoms with Gasteiger partial charge in [0.15, 0.2) is 0 Å². The highest BCUT2D eigenvalue weighted by atomic mass is 32.1. The van der Waals surface area contributed by atoms with E-state index in [9.17, 15) is 9.59 Å². The number of nitrogens with zero attached hydrogens (tertiary/aromatic N) is 1. The van der Waals surface area contributed by atoms with Crippen molar-refractivity contribution in [2.75, 3.05) is 12.3 Å². The van der Waals surface area contributed by atoms with Crippen molar-refractivity contribution in [2.24, 2.45) is 5.73 Å². The number of carbonyl (C=O) groups is 2. The first-order chi connectivity index (χ1) is 6.65. The number of hydrogen-bond acceptors (Lipinski definition) is 3. The van der Waals surface area contributed by atoms with Crippen LogP contribution in [0.25, 0.3) is 0 Å². The van der Waals surface area contributed by atoms with E-state index < -0.39 is 5.91 Å². The third-order valence-electron chi connectivity index (χ3n) is 2.55. The van der Waals surface area contributed by atoms with Crippen LogP contribution in [-0.2, 0) is 9.59 Å². The molecule has 1 rings (SSSR count). The van der Waals surface area contributed by atoms with Crippen molar-refractivity contribution in [1.82, 2.24) is 4.90 Å². The van der Waals surface area contributed by atoms with Gasteiger partial charge in [0.2, 0.25) is 11.8 Å². The number of amides is 2. The van der Waals surface area contributed by atoms with Crippen molar-refractivity contribution in [1.29, 1.82) is 0 Å². The van der Waals surface area contributed by atoms with Crippen LogP contribution in [0.3, 0.4) is 0 Å². The predicted molar refractivity (Wildman–Crippen MR) is 57.0 cm³/mol. The highest BCUT2D eigenvalue weighted by Crippen LogP contribution is 2.23. The standard InChI is InChI=1S/C9H16N2O2S/c10-8(12)5-11(9(13)6-14)7-3-1-2-4-7/h7,14H,1-6H2,(H2,10,12). The summed E-state index contributed by atoms with van der Waals surface area (Å²) in [5, 5.41) is 0. The topological polar surface area (TPSA) is 63.4 Å². The molecule has 0 bridgehead atoms. The maximum atomic E-state index is 11.5. The average molecular weight is 216 g/mol. The predicted octanol–water partition coefficient (Wildman–Crippen LogP) is 0.173. The smallest absolute Gasteiger partial charge is 0.237 e. The Hall–Kier alpha value is -0.710. The van der Waals surface area contributed by atoms with E-state index in [4.69, 9.17) is 5.73 Å². The van der Waals surface area contributed by atoms with Crippen molar-refractivity contribution >= 4 is 24.4 Å². The molecule has 80 valence electrons. The van der Waals surface area contributed by atoms with E-state index in [-0.39, 0.29) is 24.2 Å². The van der Waals surface area contributed by atoms with Gasteiger partial charge in [-0.2, -0.15) is 12.6 Å². The molecule has 1 aliphatic carbocycles. The van der Waals surface area contributed by atoms with Crippen LogP contribution < -0.4 is 5.73 Å². The quantitative estimate of drug-likeness (QED) is 0.658. The Morgan fingerprint density at radius 3 is 2.36 bits per heavy atom. The number of nitrogens with two attached hydrogens (primary N) is 1. The molecule has 0 aromatic heterocycles. The second-order valence-corrected chi connectivity index (χ2v) is 3.90. The second kappa shape index (κ2) is 5.24. The van der Waals surface area contributed by atoms with Crippen LogP contribution in [0.15, 0.2) is 0 Å². The highest BCUT2D eigenvalue weighted by molar-refractivity contribution is 7.81. The number of thiol groups is 1. The van der Waals surface area contributed by atoms with E-state index in [0.717, 1.165) is 25.7 Å². The molecule has 0 spiro atoms. The van der Waals surface area contributed by atoms with Gasteiger partial charge in [0.05, 0.1) is 12.3 Å². The van der Waals surface area contributed by atoms with E-state index in [1.807, 2.05) is 0 Å². The molecule has 0 aromatic carbocycles. The molecule has 0 heterocycles. The summed E-state index contributed by atoms with van der Waals surface area (Å²) in [7, 11) is 0. The first kappa shape index (κ1) is 11.4. The molecule has 2 amide bonds. The zero-order valence-electron chi connectivity index (χ0n) is 8.11. The van der Waals surface area contributed by atoms with Gasteiger partial charge in [-0.1, -0.05) is 12.8 Å². The fourth-order valence-corrected chi connectivity index (χ4v) is 2.08. The Morgan fingerprint density at radius 1 is 1.36 bits per heavy atom. The van der Waals surface area contributed by atoms with Crippen molar-refractivity contribution < 1.29 is 9.59 Å². The summed E-state index contributed by atoms with van der Waals surface area (Å²) in [5.74, 6) is -0.407. The lowest BCUT2D eigenvalue weighted by atomic mass is 10.2. The lowest BCUT2D eigenvalue weighted by Crippen LogP contribution is -2.44. The van der Waals surface area contributed by atoms with Gasteiger partial charge in [-0.15, -0.1) is 0 Å². The molecule has 0 atom stereocenters. The van der Waals surface area contributed by atoms with Crippen molar-refractivity contribution in [3.8, 4) is 0 Å². The second-order valence-electron chi connectivity index (χ2n) is 3.58. The summed E-state index contributed by atoms with van der Waals surface area (Å²) >= 11 is 3.93. The molecule has 0 radical (unpaired) electrons. The normalized spacial score (nSPS) is 16.9. The molecule has 5 heteroatoms. The van der Waals surface area contributed by atoms with Gasteiger partial charge >= 0.3 is 0 Å². The molecule has 1 saturated carbocycles. The minimum atomic E-state index is -0.452. The van der Waals surface area contributed by atoms with Crippen LogP contribution in [0, 0.1) is 0 Å². The molecule has 4 nitrogen and oxygen atoms in total. The van der Waals surface area contributed by atoms with Crippen LogP contribution in [0.5, 0.6) is 0 Å². The maximum Gasteiger partial charge on any atom is 0.237 e. The van der Waals surface area contributed by atoms with Crippen LogP contribution >= 0.6 is 12.6 Å². The van der Waals surface area contributed by atoms with Gasteiger partial charge in [0.25, 0.3) is 0 Å². The summed E-state index contributed by atoms with van der Waals surface area (Å²) in [5.41, 5.74) is 5.10. The third kappa shape index (κ3) is 2.90. The fourth-order valence-electron chi connectivity index (χ4n) is 1.90. The number of primary amides is 1. The van der Waals surface area contributed by atoms with Gasteiger partial charge in [0, 0.05) is 6.04 Å². The van der Waals surface area contributed by atoms with E-state index >= 15 is 0 Å². The van der Waals surface area contributed by atoms with Crippen molar-refractivity contribution in [3.63, 3.8) is 0 Å². The van der Waals surface area contributed by atoms with Gasteiger partial charge < -0.3 is 10.6 Å². The highest BCUT2D eigenvalue weighted by Gasteiger charge is 2.26. The number of rotatable bonds is 4. The monoisotopic (exact) mass is 216 g/mol. The van der Waals surface area contributed by atoms with Crippen molar-refractivity contribution in [3.05, 3.63) is 0 Å². The van der Waals surface area contributed by atoms with Gasteiger partial charge in [0.1, 0.15) is 0 Å². The maximum absolute atomic E-state index is 11.5. The zero-order chi connectivity index (χ0) is 10.6. The Bertz CT molecular complexity index is 227. The van der Waals surface area contributed by atoms with Crippen LogP contribution in [0.2, 0.25) is 0 Å². The molecule has 0 aromatic rings. The van der Waals surface area contributed by atoms with E-state index in [1.54, 1.807) is 4.90 Å². The summed E-state index contributed by atoms with van der Waals surface area (Å²) in [4.78, 5) is 23.8. The molecule has 0 aliphatic heterocycles. The van der Waals surface area contributed by atoms with Gasteiger partial charge in [-0.05, 0) is 12.8 Å². The number of carbonyl (C=O) groups excluding carboxylic acids is 2. The Labute approximate surface area is 89.2 Å². The molecular formula is C9H16N2O2S. The fraction of sp³-hybridized carbons (Fsp3) is 0.778. The van der Waals surface area contributed by atoms with Crippen LogP contribution in [0.1, 0.15) is 25.7 Å². The molecular weight excluding hydrogens is 200 g/mol.